The molecule has 0 aliphatic heterocycles. The maximum absolute atomic E-state index is 12.3. The summed E-state index contributed by atoms with van der Waals surface area (Å²) in [6.07, 6.45) is 4.14. The Morgan fingerprint density at radius 1 is 1.57 bits per heavy atom. The summed E-state index contributed by atoms with van der Waals surface area (Å²) in [5.41, 5.74) is -0.187. The molecule has 0 spiro atoms. The van der Waals surface area contributed by atoms with E-state index in [0.717, 1.165) is 25.5 Å². The number of amides is 1. The number of rotatable bonds is 4. The lowest BCUT2D eigenvalue weighted by Gasteiger charge is -2.21. The van der Waals surface area contributed by atoms with E-state index in [9.17, 15) is 14.9 Å². The Morgan fingerprint density at radius 2 is 2.29 bits per heavy atom. The minimum Gasteiger partial charge on any atom is -0.349 e. The van der Waals surface area contributed by atoms with Crippen molar-refractivity contribution in [3.63, 3.8) is 0 Å². The SMILES string of the molecule is CCC1CCC(NC(=O)c2cc([N+](=O)[O-])cnc2Cl)C1C. The molecular formula is C14H18ClN3O3. The van der Waals surface area contributed by atoms with E-state index < -0.39 is 10.8 Å². The minimum atomic E-state index is -0.592. The largest absolute Gasteiger partial charge is 0.349 e. The molecule has 0 radical (unpaired) electrons. The van der Waals surface area contributed by atoms with Crippen molar-refractivity contribution in [2.75, 3.05) is 0 Å². The first kappa shape index (κ1) is 15.7. The predicted molar refractivity (Wildman–Crippen MR) is 79.3 cm³/mol. The molecule has 1 amide bonds. The molecule has 0 bridgehead atoms. The maximum atomic E-state index is 12.3. The number of carbonyl (C=O) groups is 1. The van der Waals surface area contributed by atoms with E-state index in [1.165, 1.54) is 6.07 Å². The summed E-state index contributed by atoms with van der Waals surface area (Å²) in [6, 6.07) is 1.25. The Balaban J connectivity index is 2.14. The van der Waals surface area contributed by atoms with Crippen LogP contribution in [0.1, 0.15) is 43.5 Å². The molecule has 1 heterocycles. The van der Waals surface area contributed by atoms with Gasteiger partial charge >= 0.3 is 0 Å². The summed E-state index contributed by atoms with van der Waals surface area (Å²) in [4.78, 5) is 26.2. The molecule has 6 nitrogen and oxygen atoms in total. The van der Waals surface area contributed by atoms with Gasteiger partial charge in [0.1, 0.15) is 11.3 Å². The van der Waals surface area contributed by atoms with Crippen molar-refractivity contribution in [3.05, 3.63) is 33.1 Å². The van der Waals surface area contributed by atoms with Crippen molar-refractivity contribution in [1.82, 2.24) is 10.3 Å². The number of halogens is 1. The molecule has 1 saturated carbocycles. The van der Waals surface area contributed by atoms with Gasteiger partial charge in [-0.2, -0.15) is 0 Å². The van der Waals surface area contributed by atoms with Crippen LogP contribution in [0.25, 0.3) is 0 Å². The molecule has 3 unspecified atom stereocenters. The zero-order chi connectivity index (χ0) is 15.6. The third kappa shape index (κ3) is 3.32. The average molecular weight is 312 g/mol. The van der Waals surface area contributed by atoms with Gasteiger partial charge in [0, 0.05) is 12.1 Å². The van der Waals surface area contributed by atoms with Gasteiger partial charge in [0.2, 0.25) is 0 Å². The van der Waals surface area contributed by atoms with Gasteiger partial charge in [-0.25, -0.2) is 4.98 Å². The topological polar surface area (TPSA) is 85.1 Å². The number of nitrogens with one attached hydrogen (secondary N) is 1. The average Bonchev–Trinajstić information content (AvgIpc) is 2.79. The lowest BCUT2D eigenvalue weighted by atomic mass is 9.93. The quantitative estimate of drug-likeness (QED) is 0.525. The fourth-order valence-corrected chi connectivity index (χ4v) is 3.16. The van der Waals surface area contributed by atoms with E-state index in [4.69, 9.17) is 11.6 Å². The van der Waals surface area contributed by atoms with Gasteiger partial charge in [-0.1, -0.05) is 31.9 Å². The van der Waals surface area contributed by atoms with Crippen LogP contribution in [0.5, 0.6) is 0 Å². The third-order valence-electron chi connectivity index (χ3n) is 4.35. The summed E-state index contributed by atoms with van der Waals surface area (Å²) in [7, 11) is 0. The molecular weight excluding hydrogens is 294 g/mol. The highest BCUT2D eigenvalue weighted by molar-refractivity contribution is 6.32. The molecule has 1 N–H and O–H groups in total. The first-order valence-corrected chi connectivity index (χ1v) is 7.42. The van der Waals surface area contributed by atoms with Crippen LogP contribution in [0.15, 0.2) is 12.3 Å². The van der Waals surface area contributed by atoms with Gasteiger partial charge < -0.3 is 5.32 Å². The smallest absolute Gasteiger partial charge is 0.288 e. The fraction of sp³-hybridized carbons (Fsp3) is 0.571. The molecule has 21 heavy (non-hydrogen) atoms. The van der Waals surface area contributed by atoms with Gasteiger partial charge in [0.15, 0.2) is 0 Å². The third-order valence-corrected chi connectivity index (χ3v) is 4.65. The number of hydrogen-bond acceptors (Lipinski definition) is 4. The second kappa shape index (κ2) is 6.39. The number of aromatic nitrogens is 1. The van der Waals surface area contributed by atoms with Crippen LogP contribution < -0.4 is 5.32 Å². The minimum absolute atomic E-state index is 0.0178. The Bertz CT molecular complexity index is 564. The Kier molecular flexibility index (Phi) is 4.77. The maximum Gasteiger partial charge on any atom is 0.288 e. The van der Waals surface area contributed by atoms with E-state index in [-0.39, 0.29) is 22.4 Å². The molecule has 1 aromatic heterocycles. The summed E-state index contributed by atoms with van der Waals surface area (Å²) in [5.74, 6) is 0.600. The van der Waals surface area contributed by atoms with Crippen LogP contribution in [0.2, 0.25) is 5.15 Å². The van der Waals surface area contributed by atoms with Gasteiger partial charge in [-0.05, 0) is 24.7 Å². The first-order chi connectivity index (χ1) is 9.93. The summed E-state index contributed by atoms with van der Waals surface area (Å²) in [5, 5.41) is 13.7. The summed E-state index contributed by atoms with van der Waals surface area (Å²) >= 11 is 5.88. The first-order valence-electron chi connectivity index (χ1n) is 7.04. The molecule has 7 heteroatoms. The second-order valence-corrected chi connectivity index (χ2v) is 5.83. The molecule has 1 aliphatic carbocycles. The fourth-order valence-electron chi connectivity index (χ4n) is 2.97. The van der Waals surface area contributed by atoms with Crippen LogP contribution in [0.4, 0.5) is 5.69 Å². The molecule has 2 rings (SSSR count). The monoisotopic (exact) mass is 311 g/mol. The standard InChI is InChI=1S/C14H18ClN3O3/c1-3-9-4-5-12(8(9)2)17-14(19)11-6-10(18(20)21)7-16-13(11)15/h6-9,12H,3-5H2,1-2H3,(H,17,19). The Hall–Kier alpha value is -1.69. The van der Waals surface area contributed by atoms with Crippen molar-refractivity contribution in [1.29, 1.82) is 0 Å². The Morgan fingerprint density at radius 3 is 2.86 bits per heavy atom. The van der Waals surface area contributed by atoms with Gasteiger partial charge in [0.25, 0.3) is 11.6 Å². The lowest BCUT2D eigenvalue weighted by molar-refractivity contribution is -0.385. The van der Waals surface area contributed by atoms with E-state index in [1.807, 2.05) is 0 Å². The molecule has 3 atom stereocenters. The van der Waals surface area contributed by atoms with Crippen LogP contribution in [0.3, 0.4) is 0 Å². The van der Waals surface area contributed by atoms with Crippen molar-refractivity contribution in [2.24, 2.45) is 11.8 Å². The van der Waals surface area contributed by atoms with Crippen molar-refractivity contribution in [2.45, 2.75) is 39.2 Å². The lowest BCUT2D eigenvalue weighted by Crippen LogP contribution is -2.37. The molecule has 0 saturated heterocycles. The zero-order valence-electron chi connectivity index (χ0n) is 12.0. The highest BCUT2D eigenvalue weighted by Gasteiger charge is 2.33. The molecule has 1 fully saturated rings. The van der Waals surface area contributed by atoms with Crippen LogP contribution >= 0.6 is 11.6 Å². The number of hydrogen-bond donors (Lipinski definition) is 1. The molecule has 1 aliphatic rings. The Labute approximate surface area is 128 Å². The molecule has 0 aromatic carbocycles. The highest BCUT2D eigenvalue weighted by Crippen LogP contribution is 2.34. The summed E-state index contributed by atoms with van der Waals surface area (Å²) in [6.45, 7) is 4.27. The van der Waals surface area contributed by atoms with Crippen molar-refractivity contribution in [3.8, 4) is 0 Å². The van der Waals surface area contributed by atoms with Crippen molar-refractivity contribution < 1.29 is 9.72 Å². The van der Waals surface area contributed by atoms with Gasteiger partial charge in [-0.3, -0.25) is 14.9 Å². The second-order valence-electron chi connectivity index (χ2n) is 5.47. The highest BCUT2D eigenvalue weighted by atomic mass is 35.5. The van der Waals surface area contributed by atoms with Gasteiger partial charge in [0.05, 0.1) is 10.5 Å². The predicted octanol–water partition coefficient (Wildman–Crippen LogP) is 3.20. The van der Waals surface area contributed by atoms with E-state index >= 15 is 0 Å². The zero-order valence-corrected chi connectivity index (χ0v) is 12.8. The van der Waals surface area contributed by atoms with E-state index in [0.29, 0.717) is 11.8 Å². The van der Waals surface area contributed by atoms with Crippen LogP contribution in [-0.2, 0) is 0 Å². The summed E-state index contributed by atoms with van der Waals surface area (Å²) < 4.78 is 0. The number of pyridine rings is 1. The number of nitro groups is 1. The number of carbonyl (C=O) groups excluding carboxylic acids is 1. The molecule has 1 aromatic rings. The van der Waals surface area contributed by atoms with Crippen LogP contribution in [-0.4, -0.2) is 21.9 Å². The van der Waals surface area contributed by atoms with E-state index in [1.54, 1.807) is 0 Å². The number of nitrogens with zero attached hydrogens (tertiary/aromatic N) is 2. The van der Waals surface area contributed by atoms with Crippen LogP contribution in [0, 0.1) is 22.0 Å². The normalized spacial score (nSPS) is 24.8. The van der Waals surface area contributed by atoms with Crippen molar-refractivity contribution >= 4 is 23.2 Å². The van der Waals surface area contributed by atoms with E-state index in [2.05, 4.69) is 24.1 Å². The molecule has 114 valence electrons. The van der Waals surface area contributed by atoms with Gasteiger partial charge in [-0.15, -0.1) is 0 Å².